The maximum absolute atomic E-state index is 5.64. The van der Waals surface area contributed by atoms with Crippen LogP contribution in [0.2, 0.25) is 0 Å². The van der Waals surface area contributed by atoms with E-state index in [0.717, 1.165) is 57.3 Å². The zero-order chi connectivity index (χ0) is 16.1. The predicted molar refractivity (Wildman–Crippen MR) is 98.4 cm³/mol. The van der Waals surface area contributed by atoms with Gasteiger partial charge in [0, 0.05) is 25.2 Å². The highest BCUT2D eigenvalue weighted by molar-refractivity contribution is 7.80. The molecule has 0 aliphatic carbocycles. The third kappa shape index (κ3) is 4.43. The van der Waals surface area contributed by atoms with Gasteiger partial charge in [0.2, 0.25) is 0 Å². The van der Waals surface area contributed by atoms with E-state index < -0.39 is 0 Å². The van der Waals surface area contributed by atoms with Crippen LogP contribution in [0.1, 0.15) is 24.0 Å². The van der Waals surface area contributed by atoms with Gasteiger partial charge < -0.3 is 19.9 Å². The molecular weight excluding hydrogens is 306 g/mol. The third-order valence-electron chi connectivity index (χ3n) is 4.78. The van der Waals surface area contributed by atoms with Gasteiger partial charge in [0.05, 0.1) is 19.8 Å². The first-order valence-electron chi connectivity index (χ1n) is 8.80. The van der Waals surface area contributed by atoms with Gasteiger partial charge in [0.1, 0.15) is 13.1 Å². The van der Waals surface area contributed by atoms with E-state index in [2.05, 4.69) is 35.3 Å². The van der Waals surface area contributed by atoms with Gasteiger partial charge in [-0.05, 0) is 43.6 Å². The van der Waals surface area contributed by atoms with Crippen molar-refractivity contribution >= 4 is 23.0 Å². The number of ether oxygens (including phenoxy) is 1. The van der Waals surface area contributed by atoms with Crippen molar-refractivity contribution in [1.82, 2.24) is 5.32 Å². The summed E-state index contributed by atoms with van der Waals surface area (Å²) in [6.45, 7) is 9.44. The Kier molecular flexibility index (Phi) is 5.86. The van der Waals surface area contributed by atoms with E-state index in [1.54, 1.807) is 4.90 Å². The molecule has 0 spiro atoms. The molecule has 0 unspecified atom stereocenters. The molecule has 1 saturated heterocycles. The van der Waals surface area contributed by atoms with Crippen LogP contribution in [0, 0.1) is 6.92 Å². The summed E-state index contributed by atoms with van der Waals surface area (Å²) in [5.74, 6) is 0. The molecule has 2 aliphatic heterocycles. The van der Waals surface area contributed by atoms with E-state index in [1.807, 2.05) is 0 Å². The minimum absolute atomic E-state index is 0.881. The van der Waals surface area contributed by atoms with Gasteiger partial charge in [-0.15, -0.1) is 0 Å². The van der Waals surface area contributed by atoms with E-state index in [0.29, 0.717) is 0 Å². The number of morpholine rings is 1. The largest absolute Gasteiger partial charge is 0.370 e. The summed E-state index contributed by atoms with van der Waals surface area (Å²) in [5.41, 5.74) is 4.05. The Labute approximate surface area is 144 Å². The molecule has 1 fully saturated rings. The maximum atomic E-state index is 5.64. The molecule has 2 heterocycles. The Hall–Kier alpha value is -1.17. The predicted octanol–water partition coefficient (Wildman–Crippen LogP) is 0.927. The summed E-state index contributed by atoms with van der Waals surface area (Å²) < 4.78 is 5.40. The SMILES string of the molecule is Cc1ccc2c(c1)CCCN2C(=S)NCCC[NH+]1CCOCC1. The molecule has 23 heavy (non-hydrogen) atoms. The van der Waals surface area contributed by atoms with Gasteiger partial charge >= 0.3 is 0 Å². The summed E-state index contributed by atoms with van der Waals surface area (Å²) in [5, 5.41) is 4.34. The lowest BCUT2D eigenvalue weighted by molar-refractivity contribution is -0.908. The minimum atomic E-state index is 0.881. The van der Waals surface area contributed by atoms with E-state index >= 15 is 0 Å². The molecule has 1 aromatic carbocycles. The van der Waals surface area contributed by atoms with E-state index in [1.165, 1.54) is 29.8 Å². The zero-order valence-electron chi connectivity index (χ0n) is 14.1. The number of nitrogens with zero attached hydrogens (tertiary/aromatic N) is 1. The van der Waals surface area contributed by atoms with Crippen LogP contribution in [-0.2, 0) is 11.2 Å². The maximum Gasteiger partial charge on any atom is 0.173 e. The van der Waals surface area contributed by atoms with E-state index in [4.69, 9.17) is 17.0 Å². The Morgan fingerprint density at radius 1 is 1.35 bits per heavy atom. The second-order valence-electron chi connectivity index (χ2n) is 6.59. The van der Waals surface area contributed by atoms with Crippen LogP contribution in [0.5, 0.6) is 0 Å². The number of rotatable bonds is 4. The summed E-state index contributed by atoms with van der Waals surface area (Å²) in [6, 6.07) is 6.70. The van der Waals surface area contributed by atoms with Crippen molar-refractivity contribution in [2.45, 2.75) is 26.2 Å². The highest BCUT2D eigenvalue weighted by atomic mass is 32.1. The number of benzene rings is 1. The van der Waals surface area contributed by atoms with Crippen molar-refractivity contribution in [3.05, 3.63) is 29.3 Å². The fourth-order valence-electron chi connectivity index (χ4n) is 3.48. The molecule has 5 heteroatoms. The van der Waals surface area contributed by atoms with Crippen molar-refractivity contribution in [2.75, 3.05) is 50.8 Å². The van der Waals surface area contributed by atoms with Gasteiger partial charge in [-0.1, -0.05) is 17.7 Å². The Balaban J connectivity index is 1.47. The number of thiocarbonyl (C=S) groups is 1. The summed E-state index contributed by atoms with van der Waals surface area (Å²) in [4.78, 5) is 3.93. The molecule has 2 N–H and O–H groups in total. The van der Waals surface area contributed by atoms with Gasteiger partial charge in [-0.25, -0.2) is 0 Å². The fraction of sp³-hybridized carbons (Fsp3) is 0.611. The van der Waals surface area contributed by atoms with Crippen LogP contribution >= 0.6 is 12.2 Å². The smallest absolute Gasteiger partial charge is 0.173 e. The van der Waals surface area contributed by atoms with Crippen LogP contribution in [0.15, 0.2) is 18.2 Å². The highest BCUT2D eigenvalue weighted by Gasteiger charge is 2.20. The number of hydrogen-bond acceptors (Lipinski definition) is 2. The first-order chi connectivity index (χ1) is 11.2. The lowest BCUT2D eigenvalue weighted by Gasteiger charge is -2.32. The molecule has 0 bridgehead atoms. The molecular formula is C18H28N3OS+. The highest BCUT2D eigenvalue weighted by Crippen LogP contribution is 2.27. The fourth-order valence-corrected chi connectivity index (χ4v) is 3.77. The molecule has 1 aromatic rings. The van der Waals surface area contributed by atoms with Crippen molar-refractivity contribution in [1.29, 1.82) is 0 Å². The molecule has 0 atom stereocenters. The van der Waals surface area contributed by atoms with Crippen LogP contribution in [-0.4, -0.2) is 51.0 Å². The van der Waals surface area contributed by atoms with Gasteiger partial charge in [-0.3, -0.25) is 0 Å². The van der Waals surface area contributed by atoms with Crippen LogP contribution in [0.4, 0.5) is 5.69 Å². The average molecular weight is 335 g/mol. The normalized spacial score (nSPS) is 18.6. The number of aryl methyl sites for hydroxylation is 2. The molecule has 0 aromatic heterocycles. The van der Waals surface area contributed by atoms with Gasteiger partial charge in [0.25, 0.3) is 0 Å². The summed E-state index contributed by atoms with van der Waals surface area (Å²) in [6.07, 6.45) is 3.50. The number of nitrogens with one attached hydrogen (secondary N) is 2. The quantitative estimate of drug-likeness (QED) is 0.633. The number of quaternary nitrogens is 1. The molecule has 126 valence electrons. The molecule has 4 nitrogen and oxygen atoms in total. The first-order valence-corrected chi connectivity index (χ1v) is 9.21. The first kappa shape index (κ1) is 16.7. The monoisotopic (exact) mass is 334 g/mol. The van der Waals surface area contributed by atoms with Crippen LogP contribution in [0.25, 0.3) is 0 Å². The minimum Gasteiger partial charge on any atom is -0.370 e. The van der Waals surface area contributed by atoms with Crippen LogP contribution in [0.3, 0.4) is 0 Å². The van der Waals surface area contributed by atoms with Crippen molar-refractivity contribution < 1.29 is 9.64 Å². The standard InChI is InChI=1S/C18H27N3OS/c1-15-5-6-17-16(14-15)4-2-9-21(17)18(23)19-7-3-8-20-10-12-22-13-11-20/h5-6,14H,2-4,7-13H2,1H3,(H,19,23)/p+1. The third-order valence-corrected chi connectivity index (χ3v) is 5.15. The van der Waals surface area contributed by atoms with Crippen molar-refractivity contribution in [3.8, 4) is 0 Å². The summed E-state index contributed by atoms with van der Waals surface area (Å²) in [7, 11) is 0. The molecule has 0 amide bonds. The Morgan fingerprint density at radius 3 is 3.00 bits per heavy atom. The number of anilines is 1. The molecule has 3 rings (SSSR count). The van der Waals surface area contributed by atoms with Crippen molar-refractivity contribution in [3.63, 3.8) is 0 Å². The molecule has 2 aliphatic rings. The van der Waals surface area contributed by atoms with E-state index in [-0.39, 0.29) is 0 Å². The topological polar surface area (TPSA) is 28.9 Å². The average Bonchev–Trinajstić information content (AvgIpc) is 2.58. The van der Waals surface area contributed by atoms with Crippen molar-refractivity contribution in [2.24, 2.45) is 0 Å². The van der Waals surface area contributed by atoms with E-state index in [9.17, 15) is 0 Å². The Morgan fingerprint density at radius 2 is 2.17 bits per heavy atom. The lowest BCUT2D eigenvalue weighted by Crippen LogP contribution is -3.14. The number of fused-ring (bicyclic) bond motifs is 1. The summed E-state index contributed by atoms with van der Waals surface area (Å²) >= 11 is 5.64. The second-order valence-corrected chi connectivity index (χ2v) is 6.97. The number of hydrogen-bond donors (Lipinski definition) is 2. The van der Waals surface area contributed by atoms with Gasteiger partial charge in [-0.2, -0.15) is 0 Å². The zero-order valence-corrected chi connectivity index (χ0v) is 14.9. The van der Waals surface area contributed by atoms with Crippen LogP contribution < -0.4 is 15.1 Å². The van der Waals surface area contributed by atoms with Gasteiger partial charge in [0.15, 0.2) is 5.11 Å². The lowest BCUT2D eigenvalue weighted by atomic mass is 10.00. The molecule has 0 radical (unpaired) electrons. The molecule has 0 saturated carbocycles. The second kappa shape index (κ2) is 8.08. The Bertz CT molecular complexity index is 543.